The lowest BCUT2D eigenvalue weighted by molar-refractivity contribution is 0.149. The third kappa shape index (κ3) is 2.37. The van der Waals surface area contributed by atoms with Crippen LogP contribution in [0.1, 0.15) is 23.2 Å². The molecule has 0 aliphatic heterocycles. The lowest BCUT2D eigenvalue weighted by Crippen LogP contribution is -2.08. The van der Waals surface area contributed by atoms with Gasteiger partial charge in [-0.3, -0.25) is 0 Å². The Morgan fingerprint density at radius 2 is 2.21 bits per heavy atom. The van der Waals surface area contributed by atoms with Gasteiger partial charge in [0, 0.05) is 17.7 Å². The maximum atomic E-state index is 12.5. The Labute approximate surface area is 93.5 Å². The smallest absolute Gasteiger partial charge is 0.264 e. The molecule has 0 saturated heterocycles. The maximum absolute atomic E-state index is 12.5. The van der Waals surface area contributed by atoms with Crippen LogP contribution in [0.3, 0.4) is 0 Å². The van der Waals surface area contributed by atoms with E-state index in [9.17, 15) is 8.78 Å². The van der Waals surface area contributed by atoms with Crippen molar-refractivity contribution in [3.8, 4) is 0 Å². The summed E-state index contributed by atoms with van der Waals surface area (Å²) in [6.45, 7) is -0.322. The summed E-state index contributed by atoms with van der Waals surface area (Å²) in [4.78, 5) is 3.93. The average Bonchev–Trinajstić information content (AvgIpc) is 2.16. The zero-order chi connectivity index (χ0) is 10.7. The topological polar surface area (TPSA) is 59.1 Å². The van der Waals surface area contributed by atoms with Crippen LogP contribution in [-0.2, 0) is 13.2 Å². The molecule has 0 aliphatic carbocycles. The first-order chi connectivity index (χ1) is 6.60. The molecule has 0 fully saturated rings. The lowest BCUT2D eigenvalue weighted by Gasteiger charge is -2.10. The summed E-state index contributed by atoms with van der Waals surface area (Å²) in [6.07, 6.45) is -2.59. The molecule has 1 rings (SSSR count). The number of hydrogen-bond donors (Lipinski definition) is 2. The molecule has 0 amide bonds. The van der Waals surface area contributed by atoms with E-state index >= 15 is 0 Å². The van der Waals surface area contributed by atoms with E-state index < -0.39 is 6.43 Å². The van der Waals surface area contributed by atoms with Gasteiger partial charge in [0.2, 0.25) is 0 Å². The summed E-state index contributed by atoms with van der Waals surface area (Å²) < 4.78 is 25.5. The van der Waals surface area contributed by atoms with Crippen molar-refractivity contribution in [2.45, 2.75) is 19.6 Å². The molecule has 14 heavy (non-hydrogen) atoms. The van der Waals surface area contributed by atoms with Gasteiger partial charge in [0.25, 0.3) is 6.43 Å². The fourth-order valence-electron chi connectivity index (χ4n) is 1.09. The predicted octanol–water partition coefficient (Wildman–Crippen LogP) is 1.57. The van der Waals surface area contributed by atoms with Gasteiger partial charge in [-0.15, -0.1) is 0 Å². The van der Waals surface area contributed by atoms with Crippen molar-refractivity contribution in [1.29, 1.82) is 0 Å². The molecule has 3 N–H and O–H groups in total. The number of nitrogens with zero attached hydrogens (tertiary/aromatic N) is 1. The van der Waals surface area contributed by atoms with Crippen LogP contribution in [0.5, 0.6) is 0 Å². The Balaban J connectivity index is 3.28. The number of nitrogens with two attached hydrogens (primary N) is 1. The summed E-state index contributed by atoms with van der Waals surface area (Å²) in [5, 5.41) is 8.79. The molecule has 0 radical (unpaired) electrons. The van der Waals surface area contributed by atoms with Gasteiger partial charge in [-0.2, -0.15) is 0 Å². The Hall–Kier alpha value is -0.340. The van der Waals surface area contributed by atoms with Crippen LogP contribution in [0.2, 0.25) is 0 Å². The predicted molar refractivity (Wildman–Crippen MR) is 55.7 cm³/mol. The van der Waals surface area contributed by atoms with Gasteiger partial charge in [-0.25, -0.2) is 13.8 Å². The van der Waals surface area contributed by atoms with Gasteiger partial charge in [0.1, 0.15) is 3.70 Å². The van der Waals surface area contributed by atoms with E-state index in [2.05, 4.69) is 4.98 Å². The van der Waals surface area contributed by atoms with Gasteiger partial charge in [-0.05, 0) is 28.7 Å². The van der Waals surface area contributed by atoms with E-state index in [0.717, 1.165) is 0 Å². The number of aromatic nitrogens is 1. The second-order valence-corrected chi connectivity index (χ2v) is 3.66. The second-order valence-electron chi connectivity index (χ2n) is 2.64. The molecule has 0 unspecified atom stereocenters. The van der Waals surface area contributed by atoms with Crippen molar-refractivity contribution in [3.05, 3.63) is 26.6 Å². The highest BCUT2D eigenvalue weighted by Gasteiger charge is 2.16. The molecular weight excluding hydrogens is 305 g/mol. The minimum atomic E-state index is -2.59. The van der Waals surface area contributed by atoms with Gasteiger partial charge in [0.05, 0.1) is 12.3 Å². The van der Waals surface area contributed by atoms with Crippen molar-refractivity contribution < 1.29 is 13.9 Å². The molecule has 0 saturated carbocycles. The molecule has 0 bridgehead atoms. The molecule has 0 aromatic carbocycles. The summed E-state index contributed by atoms with van der Waals surface area (Å²) in [5.74, 6) is 0. The minimum absolute atomic E-state index is 0.0245. The van der Waals surface area contributed by atoms with E-state index in [0.29, 0.717) is 9.26 Å². The van der Waals surface area contributed by atoms with Crippen molar-refractivity contribution in [2.75, 3.05) is 0 Å². The highest BCUT2D eigenvalue weighted by atomic mass is 127. The number of rotatable bonds is 3. The normalized spacial score (nSPS) is 11.0. The Kier molecular flexibility index (Phi) is 4.14. The number of hydrogen-bond acceptors (Lipinski definition) is 3. The quantitative estimate of drug-likeness (QED) is 0.658. The maximum Gasteiger partial charge on any atom is 0.264 e. The molecule has 0 aliphatic rings. The van der Waals surface area contributed by atoms with Gasteiger partial charge in [0.15, 0.2) is 0 Å². The van der Waals surface area contributed by atoms with Crippen LogP contribution in [0, 0.1) is 3.70 Å². The monoisotopic (exact) mass is 314 g/mol. The number of pyridine rings is 1. The number of halogens is 3. The third-order valence-electron chi connectivity index (χ3n) is 1.76. The molecule has 1 aromatic rings. The van der Waals surface area contributed by atoms with E-state index in [1.165, 1.54) is 6.07 Å². The highest BCUT2D eigenvalue weighted by Crippen LogP contribution is 2.26. The Morgan fingerprint density at radius 3 is 2.64 bits per heavy atom. The molecule has 1 aromatic heterocycles. The minimum Gasteiger partial charge on any atom is -0.390 e. The van der Waals surface area contributed by atoms with Crippen molar-refractivity contribution >= 4 is 22.6 Å². The van der Waals surface area contributed by atoms with E-state index in [1.54, 1.807) is 0 Å². The van der Waals surface area contributed by atoms with Crippen LogP contribution in [-0.4, -0.2) is 10.1 Å². The zero-order valence-electron chi connectivity index (χ0n) is 7.17. The number of aliphatic hydroxyl groups excluding tert-OH is 1. The van der Waals surface area contributed by atoms with Gasteiger partial charge in [-0.1, -0.05) is 0 Å². The fraction of sp³-hybridized carbons (Fsp3) is 0.375. The second kappa shape index (κ2) is 4.94. The van der Waals surface area contributed by atoms with E-state index in [-0.39, 0.29) is 24.4 Å². The van der Waals surface area contributed by atoms with Crippen LogP contribution < -0.4 is 5.73 Å². The Morgan fingerprint density at radius 1 is 1.57 bits per heavy atom. The van der Waals surface area contributed by atoms with Gasteiger partial charge >= 0.3 is 0 Å². The summed E-state index contributed by atoms with van der Waals surface area (Å²) >= 11 is 1.83. The van der Waals surface area contributed by atoms with Crippen LogP contribution in [0.25, 0.3) is 0 Å². The summed E-state index contributed by atoms with van der Waals surface area (Å²) in [6, 6.07) is 1.19. The summed E-state index contributed by atoms with van der Waals surface area (Å²) in [5.41, 5.74) is 5.78. The van der Waals surface area contributed by atoms with E-state index in [1.807, 2.05) is 22.6 Å². The molecule has 6 heteroatoms. The molecule has 0 atom stereocenters. The molecule has 1 heterocycles. The molecular formula is C8H9F2IN2O. The standard InChI is InChI=1S/C8H9F2IN2O/c9-7(10)5-1-4(3-14)13-8(11)6(5)2-12/h1,7,14H,2-3,12H2. The number of alkyl halides is 2. The summed E-state index contributed by atoms with van der Waals surface area (Å²) in [7, 11) is 0. The first-order valence-electron chi connectivity index (χ1n) is 3.87. The number of aliphatic hydroxyl groups is 1. The lowest BCUT2D eigenvalue weighted by atomic mass is 10.1. The van der Waals surface area contributed by atoms with Crippen molar-refractivity contribution in [3.63, 3.8) is 0 Å². The molecule has 78 valence electrons. The van der Waals surface area contributed by atoms with Crippen LogP contribution in [0.4, 0.5) is 8.78 Å². The fourth-order valence-corrected chi connectivity index (χ4v) is 1.93. The average molecular weight is 314 g/mol. The van der Waals surface area contributed by atoms with Crippen LogP contribution >= 0.6 is 22.6 Å². The van der Waals surface area contributed by atoms with Crippen molar-refractivity contribution in [2.24, 2.45) is 5.73 Å². The van der Waals surface area contributed by atoms with Crippen molar-refractivity contribution in [1.82, 2.24) is 4.98 Å². The van der Waals surface area contributed by atoms with E-state index in [4.69, 9.17) is 10.8 Å². The van der Waals surface area contributed by atoms with Crippen LogP contribution in [0.15, 0.2) is 6.07 Å². The highest BCUT2D eigenvalue weighted by molar-refractivity contribution is 14.1. The molecule has 3 nitrogen and oxygen atoms in total. The third-order valence-corrected chi connectivity index (χ3v) is 2.65. The Bertz CT molecular complexity index is 333. The first-order valence-corrected chi connectivity index (χ1v) is 4.95. The molecule has 0 spiro atoms. The largest absolute Gasteiger partial charge is 0.390 e. The van der Waals surface area contributed by atoms with Gasteiger partial charge < -0.3 is 10.8 Å². The zero-order valence-corrected chi connectivity index (χ0v) is 9.33. The first kappa shape index (κ1) is 11.7. The SMILES string of the molecule is NCc1c(C(F)F)cc(CO)nc1I.